The number of hydrogen-bond donors (Lipinski definition) is 3. The molecule has 0 spiro atoms. The third kappa shape index (κ3) is 4.98. The van der Waals surface area contributed by atoms with E-state index >= 15 is 0 Å². The number of aromatic nitrogens is 1. The molecule has 138 valence electrons. The zero-order valence-corrected chi connectivity index (χ0v) is 15.1. The van der Waals surface area contributed by atoms with Crippen LogP contribution in [0.4, 0.5) is 5.13 Å². The van der Waals surface area contributed by atoms with Crippen LogP contribution in [0.5, 0.6) is 0 Å². The van der Waals surface area contributed by atoms with E-state index in [1.54, 1.807) is 18.2 Å². The number of carboxylic acids is 1. The predicted octanol–water partition coefficient (Wildman–Crippen LogP) is 3.39. The van der Waals surface area contributed by atoms with Crippen molar-refractivity contribution in [3.63, 3.8) is 0 Å². The van der Waals surface area contributed by atoms with Crippen molar-refractivity contribution in [3.8, 4) is 11.3 Å². The summed E-state index contributed by atoms with van der Waals surface area (Å²) in [6.45, 7) is 0.630. The molecule has 0 aliphatic rings. The van der Waals surface area contributed by atoms with Gasteiger partial charge in [-0.25, -0.2) is 9.78 Å². The van der Waals surface area contributed by atoms with Crippen molar-refractivity contribution in [2.45, 2.75) is 6.61 Å². The number of carbonyl (C=O) groups is 1. The molecule has 1 aromatic heterocycles. The van der Waals surface area contributed by atoms with Crippen molar-refractivity contribution in [2.75, 3.05) is 12.2 Å². The Morgan fingerprint density at radius 2 is 2.15 bits per heavy atom. The van der Waals surface area contributed by atoms with E-state index in [-0.39, 0.29) is 12.3 Å². The van der Waals surface area contributed by atoms with Gasteiger partial charge in [-0.05, 0) is 17.7 Å². The van der Waals surface area contributed by atoms with Crippen molar-refractivity contribution >= 4 is 28.7 Å². The number of carboxylic acid groups (broad SMARTS) is 1. The molecule has 0 fully saturated rings. The van der Waals surface area contributed by atoms with E-state index in [1.165, 1.54) is 23.6 Å². The Morgan fingerprint density at radius 1 is 1.30 bits per heavy atom. The van der Waals surface area contributed by atoms with Crippen LogP contribution in [0.15, 0.2) is 59.0 Å². The van der Waals surface area contributed by atoms with E-state index in [9.17, 15) is 9.90 Å². The highest BCUT2D eigenvalue weighted by molar-refractivity contribution is 7.14. The number of ether oxygens (including phenoxy) is 1. The summed E-state index contributed by atoms with van der Waals surface area (Å²) in [5.41, 5.74) is 11.7. The van der Waals surface area contributed by atoms with Gasteiger partial charge in [-0.1, -0.05) is 36.4 Å². The molecule has 2 aromatic carbocycles. The highest BCUT2D eigenvalue weighted by Crippen LogP contribution is 2.25. The average Bonchev–Trinajstić information content (AvgIpc) is 3.16. The fourth-order valence-electron chi connectivity index (χ4n) is 2.42. The van der Waals surface area contributed by atoms with E-state index in [1.807, 2.05) is 29.6 Å². The quantitative estimate of drug-likeness (QED) is 0.313. The molecule has 3 rings (SSSR count). The largest absolute Gasteiger partial charge is 0.478 e. The van der Waals surface area contributed by atoms with Gasteiger partial charge in [0.1, 0.15) is 0 Å². The molecule has 0 aliphatic carbocycles. The number of hydrogen-bond acceptors (Lipinski definition) is 7. The van der Waals surface area contributed by atoms with Gasteiger partial charge < -0.3 is 15.6 Å². The Balaban J connectivity index is 1.69. The van der Waals surface area contributed by atoms with Crippen LogP contribution in [0.3, 0.4) is 0 Å². The van der Waals surface area contributed by atoms with E-state index in [4.69, 9.17) is 10.5 Å². The van der Waals surface area contributed by atoms with Crippen LogP contribution in [0, 0.1) is 0 Å². The standard InChI is InChI=1S/C19H18N4O3S/c20-12-26-10-13-4-3-6-14(8-13)17-11-27-19(22-17)23-21-9-15-5-1-2-7-16(15)18(24)25/h1-9,11H,10,12,20H2,(H,22,23)(H,24,25)/b21-9+. The normalized spacial score (nSPS) is 11.0. The molecule has 0 amide bonds. The van der Waals surface area contributed by atoms with Gasteiger partial charge in [0.05, 0.1) is 30.8 Å². The van der Waals surface area contributed by atoms with Gasteiger partial charge in [0.15, 0.2) is 0 Å². The summed E-state index contributed by atoms with van der Waals surface area (Å²) >= 11 is 1.41. The first kappa shape index (κ1) is 18.7. The second-order valence-electron chi connectivity index (χ2n) is 5.52. The second kappa shape index (κ2) is 9.04. The number of hydrazone groups is 1. The fourth-order valence-corrected chi connectivity index (χ4v) is 3.08. The SMILES string of the molecule is NCOCc1cccc(-c2csc(N/N=C/c3ccccc3C(=O)O)n2)c1. The van der Waals surface area contributed by atoms with E-state index in [0.717, 1.165) is 16.8 Å². The van der Waals surface area contributed by atoms with E-state index < -0.39 is 5.97 Å². The lowest BCUT2D eigenvalue weighted by Crippen LogP contribution is -2.04. The number of rotatable bonds is 8. The monoisotopic (exact) mass is 382 g/mol. The molecule has 7 nitrogen and oxygen atoms in total. The minimum absolute atomic E-state index is 0.179. The second-order valence-corrected chi connectivity index (χ2v) is 6.37. The van der Waals surface area contributed by atoms with Crippen LogP contribution >= 0.6 is 11.3 Å². The Bertz CT molecular complexity index is 955. The molecule has 0 saturated carbocycles. The summed E-state index contributed by atoms with van der Waals surface area (Å²) in [4.78, 5) is 15.7. The molecule has 1 heterocycles. The maximum absolute atomic E-state index is 11.2. The van der Waals surface area contributed by atoms with E-state index in [0.29, 0.717) is 17.3 Å². The van der Waals surface area contributed by atoms with Gasteiger partial charge in [-0.15, -0.1) is 11.3 Å². The predicted molar refractivity (Wildman–Crippen MR) is 106 cm³/mol. The lowest BCUT2D eigenvalue weighted by Gasteiger charge is -2.03. The van der Waals surface area contributed by atoms with Crippen molar-refractivity contribution in [1.82, 2.24) is 4.98 Å². The number of aromatic carboxylic acids is 1. The number of thiazole rings is 1. The molecule has 4 N–H and O–H groups in total. The zero-order valence-electron chi connectivity index (χ0n) is 14.3. The van der Waals surface area contributed by atoms with Crippen molar-refractivity contribution in [2.24, 2.45) is 10.8 Å². The summed E-state index contributed by atoms with van der Waals surface area (Å²) in [5, 5.41) is 15.8. The van der Waals surface area contributed by atoms with Crippen LogP contribution in [-0.4, -0.2) is 29.0 Å². The van der Waals surface area contributed by atoms with Gasteiger partial charge in [-0.3, -0.25) is 5.43 Å². The fraction of sp³-hybridized carbons (Fsp3) is 0.105. The molecule has 3 aromatic rings. The Kier molecular flexibility index (Phi) is 6.26. The number of benzene rings is 2. The zero-order chi connectivity index (χ0) is 19.1. The van der Waals surface area contributed by atoms with Crippen LogP contribution in [0.1, 0.15) is 21.5 Å². The molecule has 8 heteroatoms. The highest BCUT2D eigenvalue weighted by Gasteiger charge is 2.07. The number of nitrogens with zero attached hydrogens (tertiary/aromatic N) is 2. The van der Waals surface area contributed by atoms with Gasteiger partial charge in [0, 0.05) is 16.5 Å². The summed E-state index contributed by atoms with van der Waals surface area (Å²) in [6, 6.07) is 14.5. The van der Waals surface area contributed by atoms with Crippen molar-refractivity contribution in [3.05, 3.63) is 70.6 Å². The number of nitrogens with two attached hydrogens (primary N) is 1. The maximum atomic E-state index is 11.2. The minimum atomic E-state index is -0.993. The first-order valence-corrected chi connectivity index (χ1v) is 8.99. The topological polar surface area (TPSA) is 110 Å². The van der Waals surface area contributed by atoms with Crippen LogP contribution < -0.4 is 11.2 Å². The van der Waals surface area contributed by atoms with Gasteiger partial charge >= 0.3 is 5.97 Å². The molecule has 0 unspecified atom stereocenters. The first-order chi connectivity index (χ1) is 13.2. The molecule has 27 heavy (non-hydrogen) atoms. The number of anilines is 1. The molecule has 0 bridgehead atoms. The number of nitrogens with one attached hydrogen (secondary N) is 1. The Morgan fingerprint density at radius 3 is 2.96 bits per heavy atom. The third-order valence-electron chi connectivity index (χ3n) is 3.67. The molecular weight excluding hydrogens is 364 g/mol. The van der Waals surface area contributed by atoms with E-state index in [2.05, 4.69) is 15.5 Å². The third-order valence-corrected chi connectivity index (χ3v) is 4.42. The lowest BCUT2D eigenvalue weighted by atomic mass is 10.1. The van der Waals surface area contributed by atoms with Gasteiger partial charge in [0.25, 0.3) is 0 Å². The van der Waals surface area contributed by atoms with Gasteiger partial charge in [-0.2, -0.15) is 5.10 Å². The Hall–Kier alpha value is -3.07. The Labute approximate surface area is 160 Å². The summed E-state index contributed by atoms with van der Waals surface area (Å²) in [6.07, 6.45) is 1.47. The minimum Gasteiger partial charge on any atom is -0.478 e. The molecule has 0 radical (unpaired) electrons. The maximum Gasteiger partial charge on any atom is 0.336 e. The average molecular weight is 382 g/mol. The molecule has 0 aliphatic heterocycles. The first-order valence-electron chi connectivity index (χ1n) is 8.11. The van der Waals surface area contributed by atoms with Crippen LogP contribution in [0.25, 0.3) is 11.3 Å². The smallest absolute Gasteiger partial charge is 0.336 e. The van der Waals surface area contributed by atoms with Crippen LogP contribution in [-0.2, 0) is 11.3 Å². The lowest BCUT2D eigenvalue weighted by molar-refractivity contribution is 0.0696. The highest BCUT2D eigenvalue weighted by atomic mass is 32.1. The van der Waals surface area contributed by atoms with Crippen molar-refractivity contribution in [1.29, 1.82) is 0 Å². The molecule has 0 saturated heterocycles. The summed E-state index contributed by atoms with van der Waals surface area (Å²) < 4.78 is 5.22. The van der Waals surface area contributed by atoms with Gasteiger partial charge in [0.2, 0.25) is 5.13 Å². The van der Waals surface area contributed by atoms with Crippen molar-refractivity contribution < 1.29 is 14.6 Å². The van der Waals surface area contributed by atoms with Crippen LogP contribution in [0.2, 0.25) is 0 Å². The molecule has 0 atom stereocenters. The summed E-state index contributed by atoms with van der Waals surface area (Å²) in [5.74, 6) is -0.993. The molecular formula is C19H18N4O3S. The summed E-state index contributed by atoms with van der Waals surface area (Å²) in [7, 11) is 0.